The normalized spacial score (nSPS) is 11.2. The number of carbonyl (C=O) groups is 1. The quantitative estimate of drug-likeness (QED) is 0.231. The molecule has 0 amide bonds. The van der Waals surface area contributed by atoms with Gasteiger partial charge >= 0.3 is 0 Å². The molecule has 0 spiro atoms. The summed E-state index contributed by atoms with van der Waals surface area (Å²) in [5.41, 5.74) is 0.450. The van der Waals surface area contributed by atoms with E-state index >= 15 is 0 Å². The third-order valence-corrected chi connectivity index (χ3v) is 5.44. The Morgan fingerprint density at radius 3 is 2.48 bits per heavy atom. The molecule has 0 unspecified atom stereocenters. The van der Waals surface area contributed by atoms with Gasteiger partial charge in [0.1, 0.15) is 5.82 Å². The zero-order valence-electron chi connectivity index (χ0n) is 14.5. The fraction of sp³-hybridized carbons (Fsp3) is 0.0952. The molecule has 134 valence electrons. The van der Waals surface area contributed by atoms with Crippen LogP contribution in [0.2, 0.25) is 0 Å². The number of nitrogens with zero attached hydrogens (tertiary/aromatic N) is 2. The second-order valence-corrected chi connectivity index (χ2v) is 7.11. The largest absolute Gasteiger partial charge is 0.293 e. The number of aromatic nitrogens is 2. The van der Waals surface area contributed by atoms with Gasteiger partial charge in [-0.1, -0.05) is 48.2 Å². The highest BCUT2D eigenvalue weighted by Crippen LogP contribution is 2.23. The van der Waals surface area contributed by atoms with Crippen LogP contribution in [0.3, 0.4) is 0 Å². The predicted octanol–water partition coefficient (Wildman–Crippen LogP) is 4.20. The molecule has 0 bridgehead atoms. The van der Waals surface area contributed by atoms with Crippen molar-refractivity contribution >= 4 is 39.2 Å². The van der Waals surface area contributed by atoms with Crippen LogP contribution in [0, 0.1) is 5.82 Å². The van der Waals surface area contributed by atoms with Crippen molar-refractivity contribution in [1.29, 1.82) is 0 Å². The van der Waals surface area contributed by atoms with Crippen LogP contribution < -0.4 is 5.56 Å². The lowest BCUT2D eigenvalue weighted by Crippen LogP contribution is -2.20. The molecule has 1 heterocycles. The van der Waals surface area contributed by atoms with Gasteiger partial charge in [-0.25, -0.2) is 9.37 Å². The number of ketones is 1. The van der Waals surface area contributed by atoms with Crippen LogP contribution in [0.1, 0.15) is 10.4 Å². The Morgan fingerprint density at radius 2 is 1.74 bits per heavy atom. The van der Waals surface area contributed by atoms with E-state index in [4.69, 9.17) is 0 Å². The van der Waals surface area contributed by atoms with Crippen molar-refractivity contribution in [2.45, 2.75) is 5.16 Å². The molecule has 6 heteroatoms. The van der Waals surface area contributed by atoms with Crippen molar-refractivity contribution in [2.24, 2.45) is 7.05 Å². The molecular weight excluding hydrogens is 363 g/mol. The lowest BCUT2D eigenvalue weighted by molar-refractivity contribution is 0.101. The lowest BCUT2D eigenvalue weighted by atomic mass is 10.1. The average molecular weight is 378 g/mol. The molecule has 0 N–H and O–H groups in total. The molecule has 0 atom stereocenters. The van der Waals surface area contributed by atoms with Gasteiger partial charge < -0.3 is 0 Å². The maximum absolute atomic E-state index is 13.8. The Balaban J connectivity index is 1.70. The lowest BCUT2D eigenvalue weighted by Gasteiger charge is -2.09. The molecular formula is C21H15FN2O2S. The predicted molar refractivity (Wildman–Crippen MR) is 106 cm³/mol. The summed E-state index contributed by atoms with van der Waals surface area (Å²) < 4.78 is 15.2. The zero-order valence-corrected chi connectivity index (χ0v) is 15.3. The van der Waals surface area contributed by atoms with E-state index < -0.39 is 5.82 Å². The van der Waals surface area contributed by atoms with Crippen LogP contribution >= 0.6 is 11.8 Å². The molecule has 0 aliphatic carbocycles. The standard InChI is InChI=1S/C21H15FN2O2S/c1-24-20(26)16-10-13-6-2-3-7-14(13)11-18(16)23-21(24)27-12-19(25)15-8-4-5-9-17(15)22/h2-11H,12H2,1H3. The Hall–Kier alpha value is -2.99. The third-order valence-electron chi connectivity index (χ3n) is 4.41. The van der Waals surface area contributed by atoms with Gasteiger partial charge in [0.15, 0.2) is 10.9 Å². The first-order valence-corrected chi connectivity index (χ1v) is 9.33. The molecule has 27 heavy (non-hydrogen) atoms. The average Bonchev–Trinajstić information content (AvgIpc) is 2.68. The first-order valence-electron chi connectivity index (χ1n) is 8.34. The molecule has 1 aromatic heterocycles. The number of rotatable bonds is 4. The van der Waals surface area contributed by atoms with Crippen LogP contribution in [0.25, 0.3) is 21.7 Å². The maximum atomic E-state index is 13.8. The van der Waals surface area contributed by atoms with Crippen LogP contribution in [0.4, 0.5) is 4.39 Å². The molecule has 3 aromatic carbocycles. The number of fused-ring (bicyclic) bond motifs is 2. The number of Topliss-reactive ketones (excluding diaryl/α,β-unsaturated/α-hetero) is 1. The molecule has 0 radical (unpaired) electrons. The third kappa shape index (κ3) is 3.24. The maximum Gasteiger partial charge on any atom is 0.261 e. The molecule has 0 aliphatic heterocycles. The summed E-state index contributed by atoms with van der Waals surface area (Å²) in [6.07, 6.45) is 0. The summed E-state index contributed by atoms with van der Waals surface area (Å²) in [4.78, 5) is 29.6. The summed E-state index contributed by atoms with van der Waals surface area (Å²) in [6, 6.07) is 17.3. The van der Waals surface area contributed by atoms with Crippen LogP contribution in [-0.2, 0) is 7.05 Å². The Labute approximate surface area is 158 Å². The van der Waals surface area contributed by atoms with Gasteiger partial charge in [-0.2, -0.15) is 0 Å². The topological polar surface area (TPSA) is 52.0 Å². The molecule has 0 saturated heterocycles. The minimum Gasteiger partial charge on any atom is -0.293 e. The molecule has 0 aliphatic rings. The van der Waals surface area contributed by atoms with E-state index in [-0.39, 0.29) is 22.7 Å². The van der Waals surface area contributed by atoms with E-state index in [1.807, 2.05) is 36.4 Å². The highest BCUT2D eigenvalue weighted by Gasteiger charge is 2.15. The van der Waals surface area contributed by atoms with Gasteiger partial charge in [0.2, 0.25) is 0 Å². The van der Waals surface area contributed by atoms with E-state index in [1.54, 1.807) is 13.1 Å². The minimum absolute atomic E-state index is 0.000299. The SMILES string of the molecule is Cn1c(SCC(=O)c2ccccc2F)nc2cc3ccccc3cc2c1=O. The van der Waals surface area contributed by atoms with Crippen LogP contribution in [0.5, 0.6) is 0 Å². The molecule has 4 nitrogen and oxygen atoms in total. The fourth-order valence-electron chi connectivity index (χ4n) is 2.96. The zero-order chi connectivity index (χ0) is 19.0. The monoisotopic (exact) mass is 378 g/mol. The van der Waals surface area contributed by atoms with E-state index in [0.717, 1.165) is 22.5 Å². The van der Waals surface area contributed by atoms with Crippen molar-refractivity contribution in [1.82, 2.24) is 9.55 Å². The molecule has 0 saturated carbocycles. The number of hydrogen-bond donors (Lipinski definition) is 0. The first-order chi connectivity index (χ1) is 13.0. The second-order valence-electron chi connectivity index (χ2n) is 6.17. The van der Waals surface area contributed by atoms with E-state index in [1.165, 1.54) is 22.8 Å². The van der Waals surface area contributed by atoms with Gasteiger partial charge in [-0.05, 0) is 35.0 Å². The molecule has 4 rings (SSSR count). The number of thioether (sulfide) groups is 1. The Bertz CT molecular complexity index is 1250. The highest BCUT2D eigenvalue weighted by atomic mass is 32.2. The summed E-state index contributed by atoms with van der Waals surface area (Å²) >= 11 is 1.13. The van der Waals surface area contributed by atoms with E-state index in [0.29, 0.717) is 16.1 Å². The summed E-state index contributed by atoms with van der Waals surface area (Å²) in [6.45, 7) is 0. The summed E-state index contributed by atoms with van der Waals surface area (Å²) in [5, 5.41) is 2.91. The van der Waals surface area contributed by atoms with Crippen molar-refractivity contribution < 1.29 is 9.18 Å². The van der Waals surface area contributed by atoms with Crippen LogP contribution in [-0.4, -0.2) is 21.1 Å². The van der Waals surface area contributed by atoms with Gasteiger partial charge in [0.25, 0.3) is 5.56 Å². The van der Waals surface area contributed by atoms with Gasteiger partial charge in [-0.3, -0.25) is 14.2 Å². The van der Waals surface area contributed by atoms with Crippen molar-refractivity contribution in [3.8, 4) is 0 Å². The van der Waals surface area contributed by atoms with Gasteiger partial charge in [0, 0.05) is 7.05 Å². The summed E-state index contributed by atoms with van der Waals surface area (Å²) in [5.74, 6) is -0.888. The Kier molecular flexibility index (Phi) is 4.49. The van der Waals surface area contributed by atoms with Crippen molar-refractivity contribution in [2.75, 3.05) is 5.75 Å². The van der Waals surface area contributed by atoms with E-state index in [9.17, 15) is 14.0 Å². The number of carbonyl (C=O) groups excluding carboxylic acids is 1. The fourth-order valence-corrected chi connectivity index (χ4v) is 3.82. The van der Waals surface area contributed by atoms with Crippen LogP contribution in [0.15, 0.2) is 70.6 Å². The minimum atomic E-state index is -0.546. The van der Waals surface area contributed by atoms with Gasteiger partial charge in [0.05, 0.1) is 22.2 Å². The summed E-state index contributed by atoms with van der Waals surface area (Å²) in [7, 11) is 1.62. The first kappa shape index (κ1) is 17.4. The van der Waals surface area contributed by atoms with Crippen molar-refractivity contribution in [3.63, 3.8) is 0 Å². The second kappa shape index (κ2) is 6.96. The highest BCUT2D eigenvalue weighted by molar-refractivity contribution is 7.99. The Morgan fingerprint density at radius 1 is 1.07 bits per heavy atom. The van der Waals surface area contributed by atoms with Gasteiger partial charge in [-0.15, -0.1) is 0 Å². The number of halogens is 1. The van der Waals surface area contributed by atoms with E-state index in [2.05, 4.69) is 4.98 Å². The molecule has 0 fully saturated rings. The number of hydrogen-bond acceptors (Lipinski definition) is 4. The number of benzene rings is 3. The smallest absolute Gasteiger partial charge is 0.261 e. The molecule has 4 aromatic rings. The van der Waals surface area contributed by atoms with Crippen molar-refractivity contribution in [3.05, 3.63) is 82.4 Å².